The number of ether oxygens (including phenoxy) is 1. The molecule has 0 radical (unpaired) electrons. The highest BCUT2D eigenvalue weighted by Gasteiger charge is 2.14. The van der Waals surface area contributed by atoms with Crippen LogP contribution in [0, 0.1) is 5.92 Å². The standard InChI is InChI=1S/C13H28N2O/c1-12(2)11-16-9-8-15(3)10-13-6-4-5-7-14-13/h12-14H,4-11H2,1-3H3. The van der Waals surface area contributed by atoms with Crippen LogP contribution in [-0.2, 0) is 4.74 Å². The van der Waals surface area contributed by atoms with Crippen molar-refractivity contribution in [1.29, 1.82) is 0 Å². The van der Waals surface area contributed by atoms with Gasteiger partial charge in [0.05, 0.1) is 6.61 Å². The van der Waals surface area contributed by atoms with Gasteiger partial charge in [-0.1, -0.05) is 20.3 Å². The van der Waals surface area contributed by atoms with Crippen LogP contribution in [0.4, 0.5) is 0 Å². The Morgan fingerprint density at radius 1 is 1.38 bits per heavy atom. The van der Waals surface area contributed by atoms with Crippen molar-refractivity contribution in [3.63, 3.8) is 0 Å². The summed E-state index contributed by atoms with van der Waals surface area (Å²) < 4.78 is 5.59. The predicted molar refractivity (Wildman–Crippen MR) is 68.8 cm³/mol. The van der Waals surface area contributed by atoms with Gasteiger partial charge >= 0.3 is 0 Å². The van der Waals surface area contributed by atoms with Crippen molar-refractivity contribution in [3.05, 3.63) is 0 Å². The van der Waals surface area contributed by atoms with E-state index in [-0.39, 0.29) is 0 Å². The molecule has 0 bridgehead atoms. The van der Waals surface area contributed by atoms with Crippen LogP contribution < -0.4 is 5.32 Å². The van der Waals surface area contributed by atoms with E-state index in [4.69, 9.17) is 4.74 Å². The molecule has 0 aromatic carbocycles. The number of nitrogens with zero attached hydrogens (tertiary/aromatic N) is 1. The van der Waals surface area contributed by atoms with E-state index >= 15 is 0 Å². The van der Waals surface area contributed by atoms with Crippen molar-refractivity contribution in [2.24, 2.45) is 5.92 Å². The van der Waals surface area contributed by atoms with Gasteiger partial charge in [-0.15, -0.1) is 0 Å². The summed E-state index contributed by atoms with van der Waals surface area (Å²) in [6.07, 6.45) is 4.06. The number of hydrogen-bond acceptors (Lipinski definition) is 3. The van der Waals surface area contributed by atoms with E-state index in [2.05, 4.69) is 31.1 Å². The molecule has 1 heterocycles. The third-order valence-corrected chi connectivity index (χ3v) is 3.01. The summed E-state index contributed by atoms with van der Waals surface area (Å²) in [5, 5.41) is 3.58. The average molecular weight is 228 g/mol. The fourth-order valence-corrected chi connectivity index (χ4v) is 2.09. The van der Waals surface area contributed by atoms with Crippen molar-refractivity contribution in [2.75, 3.05) is 39.9 Å². The lowest BCUT2D eigenvalue weighted by atomic mass is 10.0. The number of likely N-dealkylation sites (N-methyl/N-ethyl adjacent to an activating group) is 1. The lowest BCUT2D eigenvalue weighted by Crippen LogP contribution is -2.43. The molecule has 0 aromatic heterocycles. The van der Waals surface area contributed by atoms with Gasteiger partial charge in [-0.3, -0.25) is 0 Å². The average Bonchev–Trinajstić information content (AvgIpc) is 2.25. The first-order valence-corrected chi connectivity index (χ1v) is 6.68. The Morgan fingerprint density at radius 2 is 2.19 bits per heavy atom. The Labute approximate surface area is 101 Å². The van der Waals surface area contributed by atoms with Crippen molar-refractivity contribution in [1.82, 2.24) is 10.2 Å². The zero-order valence-corrected chi connectivity index (χ0v) is 11.2. The van der Waals surface area contributed by atoms with Crippen molar-refractivity contribution < 1.29 is 4.74 Å². The maximum atomic E-state index is 5.59. The summed E-state index contributed by atoms with van der Waals surface area (Å²) in [7, 11) is 2.19. The monoisotopic (exact) mass is 228 g/mol. The number of hydrogen-bond donors (Lipinski definition) is 1. The summed E-state index contributed by atoms with van der Waals surface area (Å²) in [4.78, 5) is 2.38. The summed E-state index contributed by atoms with van der Waals surface area (Å²) in [6.45, 7) is 9.53. The van der Waals surface area contributed by atoms with Crippen LogP contribution in [0.1, 0.15) is 33.1 Å². The maximum absolute atomic E-state index is 5.59. The molecule has 1 aliphatic heterocycles. The number of piperidine rings is 1. The Balaban J connectivity index is 1.99. The van der Waals surface area contributed by atoms with Crippen molar-refractivity contribution >= 4 is 0 Å². The highest BCUT2D eigenvalue weighted by molar-refractivity contribution is 4.74. The summed E-state index contributed by atoms with van der Waals surface area (Å²) >= 11 is 0. The number of rotatable bonds is 7. The van der Waals surface area contributed by atoms with Gasteiger partial charge in [-0.05, 0) is 32.4 Å². The molecule has 16 heavy (non-hydrogen) atoms. The first kappa shape index (κ1) is 13.9. The topological polar surface area (TPSA) is 24.5 Å². The van der Waals surface area contributed by atoms with E-state index in [9.17, 15) is 0 Å². The highest BCUT2D eigenvalue weighted by Crippen LogP contribution is 2.07. The minimum Gasteiger partial charge on any atom is -0.380 e. The lowest BCUT2D eigenvalue weighted by molar-refractivity contribution is 0.0885. The predicted octanol–water partition coefficient (Wildman–Crippen LogP) is 1.73. The van der Waals surface area contributed by atoms with Crippen molar-refractivity contribution in [3.8, 4) is 0 Å². The smallest absolute Gasteiger partial charge is 0.0593 e. The molecule has 1 atom stereocenters. The van der Waals surface area contributed by atoms with Crippen LogP contribution in [0.5, 0.6) is 0 Å². The first-order valence-electron chi connectivity index (χ1n) is 6.68. The molecule has 1 unspecified atom stereocenters. The molecular formula is C13H28N2O. The van der Waals surface area contributed by atoms with Gasteiger partial charge in [0.15, 0.2) is 0 Å². The summed E-state index contributed by atoms with van der Waals surface area (Å²) in [6, 6.07) is 0.698. The second-order valence-corrected chi connectivity index (χ2v) is 5.38. The summed E-state index contributed by atoms with van der Waals surface area (Å²) in [5.41, 5.74) is 0. The molecule has 1 N–H and O–H groups in total. The van der Waals surface area contributed by atoms with Crippen LogP contribution in [0.25, 0.3) is 0 Å². The molecule has 3 heteroatoms. The molecule has 1 aliphatic rings. The SMILES string of the molecule is CC(C)COCCN(C)CC1CCCCN1. The fraction of sp³-hybridized carbons (Fsp3) is 1.00. The van der Waals surface area contributed by atoms with Crippen LogP contribution >= 0.6 is 0 Å². The van der Waals surface area contributed by atoms with E-state index in [1.807, 2.05) is 0 Å². The third-order valence-electron chi connectivity index (χ3n) is 3.01. The molecule has 1 saturated heterocycles. The van der Waals surface area contributed by atoms with Crippen molar-refractivity contribution in [2.45, 2.75) is 39.2 Å². The minimum absolute atomic E-state index is 0.644. The minimum atomic E-state index is 0.644. The molecule has 96 valence electrons. The van der Waals surface area contributed by atoms with E-state index in [0.29, 0.717) is 12.0 Å². The van der Waals surface area contributed by atoms with Gasteiger partial charge in [0.2, 0.25) is 0 Å². The van der Waals surface area contributed by atoms with Gasteiger partial charge in [-0.2, -0.15) is 0 Å². The highest BCUT2D eigenvalue weighted by atomic mass is 16.5. The first-order chi connectivity index (χ1) is 7.68. The van der Waals surface area contributed by atoms with E-state index in [1.165, 1.54) is 25.8 Å². The van der Waals surface area contributed by atoms with Gasteiger partial charge in [0.1, 0.15) is 0 Å². The molecule has 3 nitrogen and oxygen atoms in total. The molecular weight excluding hydrogens is 200 g/mol. The quantitative estimate of drug-likeness (QED) is 0.672. The largest absolute Gasteiger partial charge is 0.380 e. The van der Waals surface area contributed by atoms with E-state index in [0.717, 1.165) is 26.3 Å². The molecule has 0 amide bonds. The Bertz CT molecular complexity index is 167. The summed E-state index contributed by atoms with van der Waals surface area (Å²) in [5.74, 6) is 0.644. The van der Waals surface area contributed by atoms with Crippen LogP contribution in [0.2, 0.25) is 0 Å². The second-order valence-electron chi connectivity index (χ2n) is 5.38. The molecule has 0 aliphatic carbocycles. The van der Waals surface area contributed by atoms with Crippen LogP contribution in [0.15, 0.2) is 0 Å². The van der Waals surface area contributed by atoms with E-state index in [1.54, 1.807) is 0 Å². The van der Waals surface area contributed by atoms with Gasteiger partial charge < -0.3 is 15.0 Å². The zero-order valence-electron chi connectivity index (χ0n) is 11.2. The normalized spacial score (nSPS) is 21.9. The molecule has 1 fully saturated rings. The van der Waals surface area contributed by atoms with Gasteiger partial charge in [0, 0.05) is 25.7 Å². The van der Waals surface area contributed by atoms with Crippen LogP contribution in [0.3, 0.4) is 0 Å². The number of nitrogens with one attached hydrogen (secondary N) is 1. The Morgan fingerprint density at radius 3 is 2.81 bits per heavy atom. The fourth-order valence-electron chi connectivity index (χ4n) is 2.09. The Kier molecular flexibility index (Phi) is 7.01. The molecule has 0 aromatic rings. The second kappa shape index (κ2) is 8.04. The maximum Gasteiger partial charge on any atom is 0.0593 e. The third kappa shape index (κ3) is 6.46. The van der Waals surface area contributed by atoms with Gasteiger partial charge in [0.25, 0.3) is 0 Å². The van der Waals surface area contributed by atoms with E-state index < -0.39 is 0 Å². The Hall–Kier alpha value is -0.120. The lowest BCUT2D eigenvalue weighted by Gasteiger charge is -2.28. The molecule has 0 saturated carbocycles. The molecule has 0 spiro atoms. The zero-order chi connectivity index (χ0) is 11.8. The van der Waals surface area contributed by atoms with Crippen LogP contribution in [-0.4, -0.2) is 50.8 Å². The molecule has 1 rings (SSSR count). The van der Waals surface area contributed by atoms with Gasteiger partial charge in [-0.25, -0.2) is 0 Å².